The number of hydrogen-bond acceptors (Lipinski definition) is 2. The first-order chi connectivity index (χ1) is 8.93. The average Bonchev–Trinajstić information content (AvgIpc) is 3.31. The second-order valence-corrected chi connectivity index (χ2v) is 4.82. The lowest BCUT2D eigenvalue weighted by Crippen LogP contribution is -1.95. The van der Waals surface area contributed by atoms with Crippen LogP contribution in [0.1, 0.15) is 23.3 Å². The molecule has 2 unspecified atom stereocenters. The zero-order valence-electron chi connectivity index (χ0n) is 10.0. The van der Waals surface area contributed by atoms with Crippen LogP contribution >= 0.6 is 0 Å². The first-order valence-corrected chi connectivity index (χ1v) is 6.35. The molecular formula is C16H14O2. The summed E-state index contributed by atoms with van der Waals surface area (Å²) in [5.41, 5.74) is 5.17. The maximum absolute atomic E-state index is 5.52. The zero-order chi connectivity index (χ0) is 11.9. The van der Waals surface area contributed by atoms with Crippen LogP contribution in [0, 0.1) is 0 Å². The van der Waals surface area contributed by atoms with Gasteiger partial charge >= 0.3 is 0 Å². The molecule has 4 rings (SSSR count). The smallest absolute Gasteiger partial charge is 0.107 e. The molecule has 0 aromatic heterocycles. The summed E-state index contributed by atoms with van der Waals surface area (Å²) in [5.74, 6) is 0. The highest BCUT2D eigenvalue weighted by Crippen LogP contribution is 2.44. The second kappa shape index (κ2) is 3.94. The highest BCUT2D eigenvalue weighted by molar-refractivity contribution is 5.70. The Morgan fingerprint density at radius 1 is 0.778 bits per heavy atom. The summed E-state index contributed by atoms with van der Waals surface area (Å²) in [6, 6.07) is 17.0. The number of ether oxygens (including phenoxy) is 2. The largest absolute Gasteiger partial charge is 0.368 e. The predicted molar refractivity (Wildman–Crippen MR) is 69.3 cm³/mol. The van der Waals surface area contributed by atoms with Crippen molar-refractivity contribution in [1.29, 1.82) is 0 Å². The van der Waals surface area contributed by atoms with Crippen LogP contribution in [0.5, 0.6) is 0 Å². The molecule has 2 saturated heterocycles. The summed E-state index contributed by atoms with van der Waals surface area (Å²) >= 11 is 0. The standard InChI is InChI=1S/C16H14O2/c1-2-5-11(6-3-1)12-7-4-8-13(14-9-17-14)16(12)15-10-18-15/h1-8,14-15H,9-10H2. The highest BCUT2D eigenvalue weighted by atomic mass is 16.6. The van der Waals surface area contributed by atoms with E-state index in [0.717, 1.165) is 13.2 Å². The lowest BCUT2D eigenvalue weighted by molar-refractivity contribution is 0.400. The number of epoxide rings is 2. The normalized spacial score (nSPS) is 24.9. The van der Waals surface area contributed by atoms with Crippen LogP contribution in [0.2, 0.25) is 0 Å². The topological polar surface area (TPSA) is 25.1 Å². The van der Waals surface area contributed by atoms with E-state index >= 15 is 0 Å². The van der Waals surface area contributed by atoms with E-state index in [2.05, 4.69) is 42.5 Å². The van der Waals surface area contributed by atoms with Gasteiger partial charge in [0.15, 0.2) is 0 Å². The SMILES string of the molecule is c1ccc(-c2cccc(C3CO3)c2C2CO2)cc1. The highest BCUT2D eigenvalue weighted by Gasteiger charge is 2.36. The average molecular weight is 238 g/mol. The molecule has 2 heterocycles. The van der Waals surface area contributed by atoms with Gasteiger partial charge in [-0.05, 0) is 22.3 Å². The summed E-state index contributed by atoms with van der Waals surface area (Å²) in [7, 11) is 0. The lowest BCUT2D eigenvalue weighted by Gasteiger charge is -2.12. The van der Waals surface area contributed by atoms with Gasteiger partial charge in [-0.25, -0.2) is 0 Å². The van der Waals surface area contributed by atoms with E-state index in [1.807, 2.05) is 6.07 Å². The van der Waals surface area contributed by atoms with Gasteiger partial charge in [0.2, 0.25) is 0 Å². The van der Waals surface area contributed by atoms with Crippen LogP contribution in [0.15, 0.2) is 48.5 Å². The molecule has 2 nitrogen and oxygen atoms in total. The minimum Gasteiger partial charge on any atom is -0.368 e. The number of hydrogen-bond donors (Lipinski definition) is 0. The van der Waals surface area contributed by atoms with Gasteiger partial charge in [0.05, 0.1) is 13.2 Å². The molecule has 0 bridgehead atoms. The molecule has 2 aromatic rings. The molecule has 2 heteroatoms. The Labute approximate surface area is 106 Å². The number of rotatable bonds is 3. The van der Waals surface area contributed by atoms with E-state index in [-0.39, 0.29) is 12.2 Å². The van der Waals surface area contributed by atoms with Crippen LogP contribution in [0.25, 0.3) is 11.1 Å². The third-order valence-electron chi connectivity index (χ3n) is 3.56. The Bertz CT molecular complexity index is 569. The molecule has 90 valence electrons. The van der Waals surface area contributed by atoms with Crippen LogP contribution in [0.3, 0.4) is 0 Å². The molecule has 2 fully saturated rings. The van der Waals surface area contributed by atoms with Gasteiger partial charge in [0.1, 0.15) is 12.2 Å². The predicted octanol–water partition coefficient (Wildman–Crippen LogP) is 3.50. The Balaban J connectivity index is 1.89. The third-order valence-corrected chi connectivity index (χ3v) is 3.56. The van der Waals surface area contributed by atoms with Gasteiger partial charge in [0, 0.05) is 0 Å². The maximum atomic E-state index is 5.52. The van der Waals surface area contributed by atoms with Crippen molar-refractivity contribution in [2.24, 2.45) is 0 Å². The van der Waals surface area contributed by atoms with Crippen molar-refractivity contribution in [2.75, 3.05) is 13.2 Å². The zero-order valence-corrected chi connectivity index (χ0v) is 10.0. The van der Waals surface area contributed by atoms with Crippen LogP contribution in [-0.2, 0) is 9.47 Å². The molecule has 0 aliphatic carbocycles. The number of benzene rings is 2. The molecule has 0 N–H and O–H groups in total. The van der Waals surface area contributed by atoms with E-state index in [0.29, 0.717) is 0 Å². The molecule has 2 aliphatic rings. The summed E-state index contributed by atoms with van der Waals surface area (Å²) < 4.78 is 11.0. The molecule has 0 radical (unpaired) electrons. The van der Waals surface area contributed by atoms with Crippen molar-refractivity contribution in [3.8, 4) is 11.1 Å². The van der Waals surface area contributed by atoms with Crippen molar-refractivity contribution in [3.05, 3.63) is 59.7 Å². The summed E-state index contributed by atoms with van der Waals surface area (Å²) in [5, 5.41) is 0. The van der Waals surface area contributed by atoms with Gasteiger partial charge in [-0.3, -0.25) is 0 Å². The Morgan fingerprint density at radius 2 is 1.50 bits per heavy atom. The van der Waals surface area contributed by atoms with Gasteiger partial charge in [-0.1, -0.05) is 48.5 Å². The fraction of sp³-hybridized carbons (Fsp3) is 0.250. The first-order valence-electron chi connectivity index (χ1n) is 6.35. The van der Waals surface area contributed by atoms with Crippen molar-refractivity contribution >= 4 is 0 Å². The fourth-order valence-electron chi connectivity index (χ4n) is 2.54. The molecular weight excluding hydrogens is 224 g/mol. The molecule has 2 aromatic carbocycles. The van der Waals surface area contributed by atoms with E-state index in [4.69, 9.17) is 9.47 Å². The summed E-state index contributed by atoms with van der Waals surface area (Å²) in [6.45, 7) is 1.68. The quantitative estimate of drug-likeness (QED) is 0.765. The molecule has 2 aliphatic heterocycles. The van der Waals surface area contributed by atoms with Crippen molar-refractivity contribution in [3.63, 3.8) is 0 Å². The lowest BCUT2D eigenvalue weighted by atomic mass is 9.92. The molecule has 18 heavy (non-hydrogen) atoms. The van der Waals surface area contributed by atoms with E-state index in [9.17, 15) is 0 Å². The first kappa shape index (κ1) is 10.3. The minimum absolute atomic E-state index is 0.264. The Kier molecular flexibility index (Phi) is 2.25. The van der Waals surface area contributed by atoms with Gasteiger partial charge < -0.3 is 9.47 Å². The van der Waals surface area contributed by atoms with Crippen LogP contribution in [0.4, 0.5) is 0 Å². The van der Waals surface area contributed by atoms with Crippen molar-refractivity contribution < 1.29 is 9.47 Å². The summed E-state index contributed by atoms with van der Waals surface area (Å²) in [4.78, 5) is 0. The van der Waals surface area contributed by atoms with E-state index in [1.54, 1.807) is 0 Å². The van der Waals surface area contributed by atoms with Crippen LogP contribution in [-0.4, -0.2) is 13.2 Å². The van der Waals surface area contributed by atoms with E-state index < -0.39 is 0 Å². The van der Waals surface area contributed by atoms with Gasteiger partial charge in [0.25, 0.3) is 0 Å². The monoisotopic (exact) mass is 238 g/mol. The van der Waals surface area contributed by atoms with Crippen molar-refractivity contribution in [2.45, 2.75) is 12.2 Å². The van der Waals surface area contributed by atoms with Gasteiger partial charge in [-0.2, -0.15) is 0 Å². The minimum atomic E-state index is 0.264. The van der Waals surface area contributed by atoms with Crippen molar-refractivity contribution in [1.82, 2.24) is 0 Å². The maximum Gasteiger partial charge on any atom is 0.107 e. The van der Waals surface area contributed by atoms with E-state index in [1.165, 1.54) is 22.3 Å². The molecule has 0 spiro atoms. The van der Waals surface area contributed by atoms with Crippen LogP contribution < -0.4 is 0 Å². The molecule has 2 atom stereocenters. The fourth-order valence-corrected chi connectivity index (χ4v) is 2.54. The van der Waals surface area contributed by atoms with Gasteiger partial charge in [-0.15, -0.1) is 0 Å². The Hall–Kier alpha value is -1.64. The second-order valence-electron chi connectivity index (χ2n) is 4.82. The summed E-state index contributed by atoms with van der Waals surface area (Å²) in [6.07, 6.45) is 0.550. The molecule has 0 amide bonds. The Morgan fingerprint density at radius 3 is 2.17 bits per heavy atom. The molecule has 0 saturated carbocycles. The third kappa shape index (κ3) is 1.74.